The van der Waals surface area contributed by atoms with Crippen LogP contribution in [0.3, 0.4) is 0 Å². The molecule has 0 fully saturated rings. The first-order valence-electron chi connectivity index (χ1n) is 7.33. The third-order valence-corrected chi connectivity index (χ3v) is 3.88. The molecule has 1 amide bonds. The Morgan fingerprint density at radius 1 is 1.16 bits per heavy atom. The highest BCUT2D eigenvalue weighted by atomic mass is 35.5. The predicted octanol–water partition coefficient (Wildman–Crippen LogP) is 3.32. The van der Waals surface area contributed by atoms with Gasteiger partial charge in [0, 0.05) is 5.02 Å². The number of anilines is 1. The molecule has 0 spiro atoms. The molecule has 3 rings (SSSR count). The van der Waals surface area contributed by atoms with Crippen LogP contribution in [0.1, 0.15) is 0 Å². The van der Waals surface area contributed by atoms with Gasteiger partial charge in [0.25, 0.3) is 5.91 Å². The summed E-state index contributed by atoms with van der Waals surface area (Å²) >= 11 is 11.8. The minimum atomic E-state index is -0.933. The summed E-state index contributed by atoms with van der Waals surface area (Å²) < 4.78 is 15.9. The Kier molecular flexibility index (Phi) is 5.31. The number of rotatable bonds is 4. The second-order valence-electron chi connectivity index (χ2n) is 5.14. The van der Waals surface area contributed by atoms with Crippen molar-refractivity contribution in [1.29, 1.82) is 0 Å². The SMILES string of the molecule is O=C(COC(=O)[C@@H]1COc2ccccc2O1)Nc1cc(Cl)ccc1Cl. The van der Waals surface area contributed by atoms with E-state index in [1.165, 1.54) is 6.07 Å². The van der Waals surface area contributed by atoms with Crippen molar-refractivity contribution < 1.29 is 23.8 Å². The van der Waals surface area contributed by atoms with Gasteiger partial charge in [-0.1, -0.05) is 35.3 Å². The first-order chi connectivity index (χ1) is 12.0. The molecule has 2 aromatic carbocycles. The second-order valence-corrected chi connectivity index (χ2v) is 5.99. The number of nitrogens with one attached hydrogen (secondary N) is 1. The monoisotopic (exact) mass is 381 g/mol. The van der Waals surface area contributed by atoms with Crippen molar-refractivity contribution in [3.63, 3.8) is 0 Å². The van der Waals surface area contributed by atoms with E-state index in [0.29, 0.717) is 27.2 Å². The third-order valence-electron chi connectivity index (χ3n) is 3.32. The van der Waals surface area contributed by atoms with Gasteiger partial charge in [0.2, 0.25) is 6.10 Å². The van der Waals surface area contributed by atoms with Crippen molar-refractivity contribution in [2.24, 2.45) is 0 Å². The maximum Gasteiger partial charge on any atom is 0.351 e. The average molecular weight is 382 g/mol. The Bertz CT molecular complexity index is 811. The van der Waals surface area contributed by atoms with E-state index in [-0.39, 0.29) is 6.61 Å². The second kappa shape index (κ2) is 7.63. The number of hydrogen-bond acceptors (Lipinski definition) is 5. The van der Waals surface area contributed by atoms with Gasteiger partial charge in [0.1, 0.15) is 6.61 Å². The molecule has 25 heavy (non-hydrogen) atoms. The van der Waals surface area contributed by atoms with Gasteiger partial charge in [-0.25, -0.2) is 4.79 Å². The maximum atomic E-state index is 12.0. The summed E-state index contributed by atoms with van der Waals surface area (Å²) in [5.74, 6) is -0.234. The van der Waals surface area contributed by atoms with E-state index in [2.05, 4.69) is 5.32 Å². The minimum Gasteiger partial charge on any atom is -0.485 e. The molecule has 130 valence electrons. The third kappa shape index (κ3) is 4.35. The lowest BCUT2D eigenvalue weighted by atomic mass is 10.2. The molecule has 0 aromatic heterocycles. The molecule has 0 aliphatic carbocycles. The van der Waals surface area contributed by atoms with E-state index >= 15 is 0 Å². The lowest BCUT2D eigenvalue weighted by Crippen LogP contribution is -2.39. The fourth-order valence-electron chi connectivity index (χ4n) is 2.14. The molecule has 2 aromatic rings. The van der Waals surface area contributed by atoms with E-state index < -0.39 is 24.6 Å². The number of para-hydroxylation sites is 2. The van der Waals surface area contributed by atoms with E-state index in [9.17, 15) is 9.59 Å². The molecular weight excluding hydrogens is 369 g/mol. The van der Waals surface area contributed by atoms with Crippen LogP contribution in [0.15, 0.2) is 42.5 Å². The number of halogens is 2. The highest BCUT2D eigenvalue weighted by Gasteiger charge is 2.29. The van der Waals surface area contributed by atoms with E-state index in [0.717, 1.165) is 0 Å². The molecule has 0 unspecified atom stereocenters. The normalized spacial score (nSPS) is 15.4. The number of carbonyl (C=O) groups is 2. The molecule has 8 heteroatoms. The lowest BCUT2D eigenvalue weighted by Gasteiger charge is -2.24. The summed E-state index contributed by atoms with van der Waals surface area (Å²) in [6, 6.07) is 11.6. The van der Waals surface area contributed by atoms with Gasteiger partial charge < -0.3 is 19.5 Å². The first-order valence-corrected chi connectivity index (χ1v) is 8.08. The molecule has 0 radical (unpaired) electrons. The van der Waals surface area contributed by atoms with Crippen molar-refractivity contribution in [2.45, 2.75) is 6.10 Å². The number of ether oxygens (including phenoxy) is 3. The number of hydrogen-bond donors (Lipinski definition) is 1. The number of carbonyl (C=O) groups excluding carboxylic acids is 2. The highest BCUT2D eigenvalue weighted by molar-refractivity contribution is 6.35. The van der Waals surface area contributed by atoms with Crippen molar-refractivity contribution in [3.8, 4) is 11.5 Å². The van der Waals surface area contributed by atoms with Crippen molar-refractivity contribution >= 4 is 40.8 Å². The van der Waals surface area contributed by atoms with Crippen LogP contribution in [0, 0.1) is 0 Å². The minimum absolute atomic E-state index is 0.0115. The van der Waals surface area contributed by atoms with Crippen LogP contribution in [-0.4, -0.2) is 31.2 Å². The van der Waals surface area contributed by atoms with Gasteiger partial charge in [-0.15, -0.1) is 0 Å². The summed E-state index contributed by atoms with van der Waals surface area (Å²) in [6.45, 7) is -0.471. The molecule has 1 N–H and O–H groups in total. The van der Waals surface area contributed by atoms with Crippen LogP contribution < -0.4 is 14.8 Å². The van der Waals surface area contributed by atoms with E-state index in [4.69, 9.17) is 37.4 Å². The summed E-state index contributed by atoms with van der Waals surface area (Å²) in [5.41, 5.74) is 0.335. The summed E-state index contributed by atoms with van der Waals surface area (Å²) in [5, 5.41) is 3.26. The van der Waals surface area contributed by atoms with Crippen LogP contribution in [0.4, 0.5) is 5.69 Å². The number of fused-ring (bicyclic) bond motifs is 1. The zero-order valence-electron chi connectivity index (χ0n) is 12.8. The number of esters is 1. The largest absolute Gasteiger partial charge is 0.485 e. The van der Waals surface area contributed by atoms with Crippen LogP contribution in [0.5, 0.6) is 11.5 Å². The molecule has 1 aliphatic rings. The van der Waals surface area contributed by atoms with Crippen LogP contribution in [-0.2, 0) is 14.3 Å². The first kappa shape index (κ1) is 17.4. The quantitative estimate of drug-likeness (QED) is 0.822. The fourth-order valence-corrected chi connectivity index (χ4v) is 2.48. The van der Waals surface area contributed by atoms with E-state index in [1.54, 1.807) is 36.4 Å². The average Bonchev–Trinajstić information content (AvgIpc) is 2.62. The molecular formula is C17H13Cl2NO5. The van der Waals surface area contributed by atoms with E-state index in [1.807, 2.05) is 0 Å². The summed E-state index contributed by atoms with van der Waals surface area (Å²) in [7, 11) is 0. The standard InChI is InChI=1S/C17H13Cl2NO5/c18-10-5-6-11(19)12(7-10)20-16(21)9-24-17(22)15-8-23-13-3-1-2-4-14(13)25-15/h1-7,15H,8-9H2,(H,20,21)/t15-/m0/s1. The Balaban J connectivity index is 1.52. The Morgan fingerprint density at radius 2 is 1.92 bits per heavy atom. The molecule has 0 saturated carbocycles. The smallest absolute Gasteiger partial charge is 0.351 e. The van der Waals surface area contributed by atoms with Crippen molar-refractivity contribution in [2.75, 3.05) is 18.5 Å². The van der Waals surface area contributed by atoms with Crippen LogP contribution in [0.2, 0.25) is 10.0 Å². The Morgan fingerprint density at radius 3 is 2.72 bits per heavy atom. The fraction of sp³-hybridized carbons (Fsp3) is 0.176. The maximum absolute atomic E-state index is 12.0. The molecule has 0 bridgehead atoms. The highest BCUT2D eigenvalue weighted by Crippen LogP contribution is 2.31. The summed E-state index contributed by atoms with van der Waals surface area (Å²) in [4.78, 5) is 23.9. The zero-order valence-corrected chi connectivity index (χ0v) is 14.3. The number of benzene rings is 2. The number of amides is 1. The van der Waals surface area contributed by atoms with Gasteiger partial charge in [0.05, 0.1) is 10.7 Å². The molecule has 0 saturated heterocycles. The summed E-state index contributed by atoms with van der Waals surface area (Å²) in [6.07, 6.45) is -0.933. The Hall–Kier alpha value is -2.44. The molecule has 1 atom stereocenters. The molecule has 1 heterocycles. The predicted molar refractivity (Wildman–Crippen MR) is 92.4 cm³/mol. The van der Waals surface area contributed by atoms with Crippen LogP contribution >= 0.6 is 23.2 Å². The topological polar surface area (TPSA) is 73.9 Å². The molecule has 6 nitrogen and oxygen atoms in total. The van der Waals surface area contributed by atoms with Gasteiger partial charge in [0.15, 0.2) is 18.1 Å². The van der Waals surface area contributed by atoms with Gasteiger partial charge >= 0.3 is 5.97 Å². The van der Waals surface area contributed by atoms with Gasteiger partial charge in [-0.3, -0.25) is 4.79 Å². The van der Waals surface area contributed by atoms with Gasteiger partial charge in [-0.2, -0.15) is 0 Å². The van der Waals surface area contributed by atoms with Crippen molar-refractivity contribution in [1.82, 2.24) is 0 Å². The van der Waals surface area contributed by atoms with Gasteiger partial charge in [-0.05, 0) is 30.3 Å². The van der Waals surface area contributed by atoms with Crippen molar-refractivity contribution in [3.05, 3.63) is 52.5 Å². The molecule has 1 aliphatic heterocycles. The van der Waals surface area contributed by atoms with Crippen LogP contribution in [0.25, 0.3) is 0 Å². The lowest BCUT2D eigenvalue weighted by molar-refractivity contribution is -0.156. The Labute approximate surface area is 153 Å². The zero-order chi connectivity index (χ0) is 17.8.